The van der Waals surface area contributed by atoms with Crippen LogP contribution in [0.15, 0.2) is 40.8 Å². The summed E-state index contributed by atoms with van der Waals surface area (Å²) in [5.74, 6) is 0. The van der Waals surface area contributed by atoms with Crippen molar-refractivity contribution < 1.29 is 5.11 Å². The van der Waals surface area contributed by atoms with Crippen molar-refractivity contribution in [3.8, 4) is 0 Å². The SMILES string of the molecule is OC(c1cccnc1)c1ncn2cc(Br)sc12. The van der Waals surface area contributed by atoms with Gasteiger partial charge in [0.2, 0.25) is 0 Å². The van der Waals surface area contributed by atoms with Crippen LogP contribution in [-0.2, 0) is 0 Å². The molecule has 0 aromatic carbocycles. The summed E-state index contributed by atoms with van der Waals surface area (Å²) in [6, 6.07) is 3.64. The predicted molar refractivity (Wildman–Crippen MR) is 69.1 cm³/mol. The topological polar surface area (TPSA) is 50.4 Å². The average molecular weight is 310 g/mol. The van der Waals surface area contributed by atoms with E-state index in [0.29, 0.717) is 5.69 Å². The molecule has 1 atom stereocenters. The van der Waals surface area contributed by atoms with Crippen molar-refractivity contribution in [3.63, 3.8) is 0 Å². The number of aliphatic hydroxyl groups excluding tert-OH is 1. The summed E-state index contributed by atoms with van der Waals surface area (Å²) in [6.07, 6.45) is 6.22. The van der Waals surface area contributed by atoms with Crippen LogP contribution < -0.4 is 0 Å². The molecule has 1 N–H and O–H groups in total. The molecule has 3 heterocycles. The van der Waals surface area contributed by atoms with Gasteiger partial charge in [-0.2, -0.15) is 0 Å². The summed E-state index contributed by atoms with van der Waals surface area (Å²) >= 11 is 4.96. The zero-order valence-electron chi connectivity index (χ0n) is 8.62. The summed E-state index contributed by atoms with van der Waals surface area (Å²) in [5.41, 5.74) is 1.41. The highest BCUT2D eigenvalue weighted by Gasteiger charge is 2.18. The van der Waals surface area contributed by atoms with Gasteiger partial charge in [0.25, 0.3) is 0 Å². The Kier molecular flexibility index (Phi) is 2.70. The Labute approximate surface area is 110 Å². The summed E-state index contributed by atoms with van der Waals surface area (Å²) in [5, 5.41) is 10.3. The number of halogens is 1. The minimum absolute atomic E-state index is 0.661. The first-order chi connectivity index (χ1) is 8.25. The first-order valence-electron chi connectivity index (χ1n) is 4.95. The maximum Gasteiger partial charge on any atom is 0.126 e. The third-order valence-corrected chi connectivity index (χ3v) is 4.07. The van der Waals surface area contributed by atoms with Crippen LogP contribution in [0.3, 0.4) is 0 Å². The molecule has 0 fully saturated rings. The van der Waals surface area contributed by atoms with Crippen molar-refractivity contribution in [1.82, 2.24) is 14.4 Å². The molecule has 0 aliphatic heterocycles. The van der Waals surface area contributed by atoms with Gasteiger partial charge in [-0.25, -0.2) is 4.98 Å². The zero-order valence-corrected chi connectivity index (χ0v) is 11.0. The molecule has 86 valence electrons. The van der Waals surface area contributed by atoms with Gasteiger partial charge < -0.3 is 5.11 Å². The third kappa shape index (κ3) is 1.88. The van der Waals surface area contributed by atoms with E-state index in [-0.39, 0.29) is 0 Å². The highest BCUT2D eigenvalue weighted by molar-refractivity contribution is 9.11. The molecule has 3 aromatic rings. The van der Waals surface area contributed by atoms with E-state index in [0.717, 1.165) is 14.2 Å². The Balaban J connectivity index is 2.09. The second-order valence-corrected chi connectivity index (χ2v) is 5.98. The molecule has 0 saturated heterocycles. The van der Waals surface area contributed by atoms with Gasteiger partial charge in [-0.1, -0.05) is 6.07 Å². The molecule has 0 aliphatic rings. The molecule has 0 spiro atoms. The molecule has 3 aromatic heterocycles. The van der Waals surface area contributed by atoms with Crippen LogP contribution >= 0.6 is 27.3 Å². The maximum absolute atomic E-state index is 10.3. The Morgan fingerprint density at radius 3 is 3.12 bits per heavy atom. The fourth-order valence-electron chi connectivity index (χ4n) is 1.67. The molecule has 1 unspecified atom stereocenters. The minimum Gasteiger partial charge on any atom is -0.382 e. The number of aromatic nitrogens is 3. The van der Waals surface area contributed by atoms with Crippen LogP contribution in [0.1, 0.15) is 17.4 Å². The lowest BCUT2D eigenvalue weighted by Gasteiger charge is -2.06. The number of imidazole rings is 1. The molecule has 4 nitrogen and oxygen atoms in total. The monoisotopic (exact) mass is 309 g/mol. The lowest BCUT2D eigenvalue weighted by molar-refractivity contribution is 0.217. The fraction of sp³-hybridized carbons (Fsp3) is 0.0909. The molecule has 17 heavy (non-hydrogen) atoms. The van der Waals surface area contributed by atoms with E-state index in [1.807, 2.05) is 16.7 Å². The van der Waals surface area contributed by atoms with Crippen molar-refractivity contribution in [1.29, 1.82) is 0 Å². The van der Waals surface area contributed by atoms with Gasteiger partial charge in [-0.3, -0.25) is 9.38 Å². The molecule has 6 heteroatoms. The van der Waals surface area contributed by atoms with E-state index in [2.05, 4.69) is 25.9 Å². The molecule has 0 aliphatic carbocycles. The van der Waals surface area contributed by atoms with Crippen LogP contribution in [0.4, 0.5) is 0 Å². The zero-order chi connectivity index (χ0) is 11.8. The molecule has 0 radical (unpaired) electrons. The Morgan fingerprint density at radius 1 is 1.47 bits per heavy atom. The summed E-state index contributed by atoms with van der Waals surface area (Å²) in [4.78, 5) is 9.19. The van der Waals surface area contributed by atoms with E-state index < -0.39 is 6.10 Å². The van der Waals surface area contributed by atoms with Crippen molar-refractivity contribution in [2.45, 2.75) is 6.10 Å². The maximum atomic E-state index is 10.3. The molecule has 3 rings (SSSR count). The first-order valence-corrected chi connectivity index (χ1v) is 6.56. The summed E-state index contributed by atoms with van der Waals surface area (Å²) < 4.78 is 2.90. The number of nitrogens with zero attached hydrogens (tertiary/aromatic N) is 3. The number of aliphatic hydroxyl groups is 1. The van der Waals surface area contributed by atoms with Crippen molar-refractivity contribution in [3.05, 3.63) is 52.1 Å². The Bertz CT molecular complexity index is 649. The van der Waals surface area contributed by atoms with Crippen molar-refractivity contribution >= 4 is 32.1 Å². The second-order valence-electron chi connectivity index (χ2n) is 3.57. The molecule has 0 bridgehead atoms. The van der Waals surface area contributed by atoms with E-state index in [9.17, 15) is 5.11 Å². The van der Waals surface area contributed by atoms with E-state index >= 15 is 0 Å². The standard InChI is InChI=1S/C11H8BrN3OS/c12-8-5-15-6-14-9(11(15)17-8)10(16)7-2-1-3-13-4-7/h1-6,10,16H. The second kappa shape index (κ2) is 4.21. The van der Waals surface area contributed by atoms with Crippen molar-refractivity contribution in [2.24, 2.45) is 0 Å². The smallest absolute Gasteiger partial charge is 0.126 e. The van der Waals surface area contributed by atoms with E-state index in [1.54, 1.807) is 36.1 Å². The average Bonchev–Trinajstić information content (AvgIpc) is 2.88. The van der Waals surface area contributed by atoms with Gasteiger partial charge in [-0.05, 0) is 22.0 Å². The largest absolute Gasteiger partial charge is 0.382 e. The van der Waals surface area contributed by atoms with Gasteiger partial charge >= 0.3 is 0 Å². The first kappa shape index (κ1) is 10.9. The normalized spacial score (nSPS) is 13.1. The number of hydrogen-bond donors (Lipinski definition) is 1. The summed E-state index contributed by atoms with van der Waals surface area (Å²) in [6.45, 7) is 0. The van der Waals surface area contributed by atoms with Gasteiger partial charge in [-0.15, -0.1) is 11.3 Å². The van der Waals surface area contributed by atoms with Crippen LogP contribution in [0.5, 0.6) is 0 Å². The predicted octanol–water partition coefficient (Wildman–Crippen LogP) is 2.64. The van der Waals surface area contributed by atoms with E-state index in [1.165, 1.54) is 0 Å². The number of hydrogen-bond acceptors (Lipinski definition) is 4. The molecule has 0 amide bonds. The van der Waals surface area contributed by atoms with Crippen LogP contribution in [0.25, 0.3) is 4.83 Å². The number of thiazole rings is 1. The molecule has 0 saturated carbocycles. The van der Waals surface area contributed by atoms with Gasteiger partial charge in [0, 0.05) is 24.2 Å². The highest BCUT2D eigenvalue weighted by Crippen LogP contribution is 2.30. The fourth-order valence-corrected chi connectivity index (χ4v) is 3.18. The van der Waals surface area contributed by atoms with Crippen LogP contribution in [0, 0.1) is 0 Å². The van der Waals surface area contributed by atoms with Crippen LogP contribution in [0.2, 0.25) is 0 Å². The number of fused-ring (bicyclic) bond motifs is 1. The highest BCUT2D eigenvalue weighted by atomic mass is 79.9. The molecular formula is C11H8BrN3OS. The van der Waals surface area contributed by atoms with Crippen LogP contribution in [-0.4, -0.2) is 19.5 Å². The molecular weight excluding hydrogens is 302 g/mol. The lowest BCUT2D eigenvalue weighted by atomic mass is 10.1. The minimum atomic E-state index is -0.737. The lowest BCUT2D eigenvalue weighted by Crippen LogP contribution is -2.00. The third-order valence-electron chi connectivity index (χ3n) is 2.47. The number of rotatable bonds is 2. The van der Waals surface area contributed by atoms with E-state index in [4.69, 9.17) is 0 Å². The van der Waals surface area contributed by atoms with Gasteiger partial charge in [0.05, 0.1) is 3.79 Å². The van der Waals surface area contributed by atoms with Crippen molar-refractivity contribution in [2.75, 3.05) is 0 Å². The van der Waals surface area contributed by atoms with Gasteiger partial charge in [0.1, 0.15) is 23.0 Å². The van der Waals surface area contributed by atoms with Gasteiger partial charge in [0.15, 0.2) is 0 Å². The quantitative estimate of drug-likeness (QED) is 0.791. The Morgan fingerprint density at radius 2 is 2.35 bits per heavy atom. The Hall–Kier alpha value is -1.24. The summed E-state index contributed by atoms with van der Waals surface area (Å²) in [7, 11) is 0. The number of pyridine rings is 1.